The maximum absolute atomic E-state index is 12.0. The molecule has 0 unspecified atom stereocenters. The van der Waals surface area contributed by atoms with Crippen molar-refractivity contribution in [1.82, 2.24) is 15.8 Å². The molecule has 0 spiro atoms. The predicted octanol–water partition coefficient (Wildman–Crippen LogP) is 3.60. The summed E-state index contributed by atoms with van der Waals surface area (Å²) < 4.78 is 0. The summed E-state index contributed by atoms with van der Waals surface area (Å²) in [6.07, 6.45) is 0.120. The molecule has 0 radical (unpaired) electrons. The lowest BCUT2D eigenvalue weighted by Gasteiger charge is -2.06. The SMILES string of the molecule is Cc1ccc(SCC(=O)NNC(=O)Cc2csc(-c3ccccc3)n2)cc1. The van der Waals surface area contributed by atoms with E-state index in [2.05, 4.69) is 15.8 Å². The lowest BCUT2D eigenvalue weighted by molar-refractivity contribution is -0.127. The molecule has 138 valence electrons. The van der Waals surface area contributed by atoms with E-state index in [0.717, 1.165) is 15.5 Å². The van der Waals surface area contributed by atoms with Crippen LogP contribution in [0.4, 0.5) is 0 Å². The highest BCUT2D eigenvalue weighted by Crippen LogP contribution is 2.23. The number of aryl methyl sites for hydroxylation is 1. The second-order valence-corrected chi connectivity index (χ2v) is 7.79. The van der Waals surface area contributed by atoms with Gasteiger partial charge in [-0.05, 0) is 19.1 Å². The van der Waals surface area contributed by atoms with E-state index in [-0.39, 0.29) is 24.0 Å². The zero-order chi connectivity index (χ0) is 19.1. The van der Waals surface area contributed by atoms with E-state index in [9.17, 15) is 9.59 Å². The summed E-state index contributed by atoms with van der Waals surface area (Å²) in [5.74, 6) is -0.316. The zero-order valence-corrected chi connectivity index (χ0v) is 16.4. The van der Waals surface area contributed by atoms with Gasteiger partial charge in [-0.25, -0.2) is 4.98 Å². The average Bonchev–Trinajstić information content (AvgIpc) is 3.15. The van der Waals surface area contributed by atoms with Gasteiger partial charge in [0.25, 0.3) is 0 Å². The molecule has 0 bridgehead atoms. The summed E-state index contributed by atoms with van der Waals surface area (Å²) in [5, 5.41) is 2.73. The normalized spacial score (nSPS) is 10.4. The van der Waals surface area contributed by atoms with Crippen molar-refractivity contribution in [3.8, 4) is 10.6 Å². The number of carbonyl (C=O) groups excluding carboxylic acids is 2. The maximum atomic E-state index is 12.0. The van der Waals surface area contributed by atoms with Crippen LogP contribution in [-0.2, 0) is 16.0 Å². The minimum Gasteiger partial charge on any atom is -0.273 e. The van der Waals surface area contributed by atoms with E-state index in [4.69, 9.17) is 0 Å². The number of aromatic nitrogens is 1. The molecule has 2 amide bonds. The number of thiazole rings is 1. The number of nitrogens with zero attached hydrogens (tertiary/aromatic N) is 1. The summed E-state index contributed by atoms with van der Waals surface area (Å²) in [5.41, 5.74) is 7.76. The van der Waals surface area contributed by atoms with Crippen molar-refractivity contribution < 1.29 is 9.59 Å². The minimum atomic E-state index is -0.298. The molecule has 5 nitrogen and oxygen atoms in total. The number of thioether (sulfide) groups is 1. The number of carbonyl (C=O) groups is 2. The Bertz CT molecular complexity index is 908. The van der Waals surface area contributed by atoms with Crippen molar-refractivity contribution in [2.24, 2.45) is 0 Å². The molecule has 0 aliphatic rings. The third-order valence-electron chi connectivity index (χ3n) is 3.65. The number of amides is 2. The molecule has 3 rings (SSSR count). The predicted molar refractivity (Wildman–Crippen MR) is 109 cm³/mol. The van der Waals surface area contributed by atoms with Crippen LogP contribution in [0, 0.1) is 6.92 Å². The fourth-order valence-corrected chi connectivity index (χ4v) is 3.79. The highest BCUT2D eigenvalue weighted by atomic mass is 32.2. The van der Waals surface area contributed by atoms with Crippen LogP contribution in [0.25, 0.3) is 10.6 Å². The van der Waals surface area contributed by atoms with Gasteiger partial charge >= 0.3 is 0 Å². The number of hydrazine groups is 1. The fourth-order valence-electron chi connectivity index (χ4n) is 2.27. The number of hydrogen-bond donors (Lipinski definition) is 2. The Morgan fingerprint density at radius 2 is 1.70 bits per heavy atom. The van der Waals surface area contributed by atoms with E-state index in [0.29, 0.717) is 5.69 Å². The van der Waals surface area contributed by atoms with Gasteiger partial charge in [0.2, 0.25) is 11.8 Å². The van der Waals surface area contributed by atoms with Crippen LogP contribution in [0.15, 0.2) is 64.9 Å². The van der Waals surface area contributed by atoms with Gasteiger partial charge in [-0.2, -0.15) is 0 Å². The van der Waals surface area contributed by atoms with Crippen molar-refractivity contribution in [3.05, 3.63) is 71.2 Å². The number of benzene rings is 2. The highest BCUT2D eigenvalue weighted by Gasteiger charge is 2.10. The van der Waals surface area contributed by atoms with Gasteiger partial charge in [0.05, 0.1) is 17.9 Å². The van der Waals surface area contributed by atoms with E-state index in [1.165, 1.54) is 28.7 Å². The maximum Gasteiger partial charge on any atom is 0.248 e. The first-order valence-electron chi connectivity index (χ1n) is 8.37. The molecule has 0 saturated heterocycles. The molecule has 2 N–H and O–H groups in total. The Hall–Kier alpha value is -2.64. The molecule has 0 fully saturated rings. The number of hydrogen-bond acceptors (Lipinski definition) is 5. The van der Waals surface area contributed by atoms with Gasteiger partial charge in [-0.15, -0.1) is 23.1 Å². The Labute approximate surface area is 166 Å². The van der Waals surface area contributed by atoms with Gasteiger partial charge in [0.15, 0.2) is 0 Å². The molecular weight excluding hydrogens is 378 g/mol. The van der Waals surface area contributed by atoms with Crippen molar-refractivity contribution in [3.63, 3.8) is 0 Å². The molecular formula is C20H19N3O2S2. The molecule has 2 aromatic carbocycles. The summed E-state index contributed by atoms with van der Waals surface area (Å²) >= 11 is 2.91. The van der Waals surface area contributed by atoms with Crippen molar-refractivity contribution >= 4 is 34.9 Å². The van der Waals surface area contributed by atoms with Crippen molar-refractivity contribution in [2.75, 3.05) is 5.75 Å². The standard InChI is InChI=1S/C20H19N3O2S2/c1-14-7-9-17(10-8-14)26-13-19(25)23-22-18(24)11-16-12-27-20(21-16)15-5-3-2-4-6-15/h2-10,12H,11,13H2,1H3,(H,22,24)(H,23,25). The summed E-state index contributed by atoms with van der Waals surface area (Å²) in [6, 6.07) is 17.8. The van der Waals surface area contributed by atoms with Crippen LogP contribution in [-0.4, -0.2) is 22.6 Å². The lowest BCUT2D eigenvalue weighted by Crippen LogP contribution is -2.43. The molecule has 27 heavy (non-hydrogen) atoms. The summed E-state index contributed by atoms with van der Waals surface area (Å²) in [4.78, 5) is 29.4. The first-order chi connectivity index (χ1) is 13.1. The summed E-state index contributed by atoms with van der Waals surface area (Å²) in [6.45, 7) is 2.02. The molecule has 0 atom stereocenters. The van der Waals surface area contributed by atoms with Crippen LogP contribution in [0.2, 0.25) is 0 Å². The van der Waals surface area contributed by atoms with Gasteiger partial charge in [-0.1, -0.05) is 48.0 Å². The smallest absolute Gasteiger partial charge is 0.248 e. The first kappa shape index (κ1) is 19.1. The number of rotatable bonds is 6. The third-order valence-corrected chi connectivity index (χ3v) is 5.60. The van der Waals surface area contributed by atoms with Gasteiger partial charge < -0.3 is 0 Å². The monoisotopic (exact) mass is 397 g/mol. The molecule has 7 heteroatoms. The van der Waals surface area contributed by atoms with Crippen LogP contribution in [0.3, 0.4) is 0 Å². The second-order valence-electron chi connectivity index (χ2n) is 5.88. The van der Waals surface area contributed by atoms with E-state index < -0.39 is 0 Å². The largest absolute Gasteiger partial charge is 0.273 e. The Morgan fingerprint density at radius 3 is 2.44 bits per heavy atom. The lowest BCUT2D eigenvalue weighted by atomic mass is 10.2. The molecule has 1 aromatic heterocycles. The Morgan fingerprint density at radius 1 is 1.00 bits per heavy atom. The van der Waals surface area contributed by atoms with Gasteiger partial charge in [0, 0.05) is 15.8 Å². The molecule has 3 aromatic rings. The molecule has 0 aliphatic carbocycles. The van der Waals surface area contributed by atoms with Crippen LogP contribution >= 0.6 is 23.1 Å². The average molecular weight is 398 g/mol. The van der Waals surface area contributed by atoms with Crippen molar-refractivity contribution in [1.29, 1.82) is 0 Å². The fraction of sp³-hybridized carbons (Fsp3) is 0.150. The second kappa shape index (κ2) is 9.34. The quantitative estimate of drug-likeness (QED) is 0.492. The van der Waals surface area contributed by atoms with Crippen molar-refractivity contribution in [2.45, 2.75) is 18.2 Å². The van der Waals surface area contributed by atoms with E-state index in [1.54, 1.807) is 0 Å². The van der Waals surface area contributed by atoms with E-state index >= 15 is 0 Å². The van der Waals surface area contributed by atoms with Crippen LogP contribution in [0.5, 0.6) is 0 Å². The van der Waals surface area contributed by atoms with Crippen LogP contribution < -0.4 is 10.9 Å². The summed E-state index contributed by atoms with van der Waals surface area (Å²) in [7, 11) is 0. The topological polar surface area (TPSA) is 71.1 Å². The van der Waals surface area contributed by atoms with Gasteiger partial charge in [-0.3, -0.25) is 20.4 Å². The Balaban J connectivity index is 1.42. The molecule has 0 saturated carbocycles. The van der Waals surface area contributed by atoms with Gasteiger partial charge in [0.1, 0.15) is 5.01 Å². The zero-order valence-electron chi connectivity index (χ0n) is 14.8. The van der Waals surface area contributed by atoms with Crippen LogP contribution in [0.1, 0.15) is 11.3 Å². The molecule has 0 aliphatic heterocycles. The first-order valence-corrected chi connectivity index (χ1v) is 10.2. The minimum absolute atomic E-state index is 0.120. The highest BCUT2D eigenvalue weighted by molar-refractivity contribution is 8.00. The van der Waals surface area contributed by atoms with E-state index in [1.807, 2.05) is 66.9 Å². The Kier molecular flexibility index (Phi) is 6.62. The molecule has 1 heterocycles. The number of nitrogens with one attached hydrogen (secondary N) is 2. The third kappa shape index (κ3) is 5.94.